The van der Waals surface area contributed by atoms with Gasteiger partial charge in [-0.05, 0) is 6.07 Å². The Hall–Kier alpha value is -2.14. The van der Waals surface area contributed by atoms with E-state index in [1.54, 1.807) is 14.2 Å². The first-order chi connectivity index (χ1) is 9.61. The van der Waals surface area contributed by atoms with Gasteiger partial charge in [0.1, 0.15) is 16.6 Å². The highest BCUT2D eigenvalue weighted by Gasteiger charge is 2.15. The van der Waals surface area contributed by atoms with Crippen LogP contribution in [0.15, 0.2) is 36.7 Å². The highest BCUT2D eigenvalue weighted by Crippen LogP contribution is 2.19. The van der Waals surface area contributed by atoms with Gasteiger partial charge in [-0.15, -0.1) is 0 Å². The summed E-state index contributed by atoms with van der Waals surface area (Å²) in [6.45, 7) is 0.414. The Bertz CT molecular complexity index is 619. The minimum absolute atomic E-state index is 0.196. The molecule has 0 bridgehead atoms. The standard InChI is InChI=1S/C14H14ClN3O2/c1-18(9-10-5-3-4-6-12(10)20-2)14(19)11-7-16-8-13(15)17-11/h3-8H,9H2,1-2H3. The van der Waals surface area contributed by atoms with Crippen LogP contribution in [0, 0.1) is 0 Å². The molecule has 0 aliphatic rings. The number of hydrogen-bond acceptors (Lipinski definition) is 4. The molecule has 0 spiro atoms. The van der Waals surface area contributed by atoms with Crippen molar-refractivity contribution in [3.8, 4) is 5.75 Å². The van der Waals surface area contributed by atoms with Gasteiger partial charge < -0.3 is 9.64 Å². The number of nitrogens with zero attached hydrogens (tertiary/aromatic N) is 3. The maximum Gasteiger partial charge on any atom is 0.274 e. The van der Waals surface area contributed by atoms with Crippen molar-refractivity contribution < 1.29 is 9.53 Å². The van der Waals surface area contributed by atoms with Crippen LogP contribution >= 0.6 is 11.6 Å². The van der Waals surface area contributed by atoms with Gasteiger partial charge in [0.15, 0.2) is 0 Å². The van der Waals surface area contributed by atoms with E-state index < -0.39 is 0 Å². The number of benzene rings is 1. The maximum atomic E-state index is 12.2. The predicted octanol–water partition coefficient (Wildman–Crippen LogP) is 2.41. The van der Waals surface area contributed by atoms with E-state index in [0.29, 0.717) is 6.54 Å². The Morgan fingerprint density at radius 3 is 2.80 bits per heavy atom. The van der Waals surface area contributed by atoms with Gasteiger partial charge >= 0.3 is 0 Å². The van der Waals surface area contributed by atoms with Crippen molar-refractivity contribution in [2.45, 2.75) is 6.54 Å². The molecule has 0 saturated carbocycles. The van der Waals surface area contributed by atoms with Crippen molar-refractivity contribution in [2.24, 2.45) is 0 Å². The summed E-state index contributed by atoms with van der Waals surface area (Å²) in [7, 11) is 3.29. The van der Waals surface area contributed by atoms with Crippen LogP contribution in [0.1, 0.15) is 16.1 Å². The monoisotopic (exact) mass is 291 g/mol. The summed E-state index contributed by atoms with van der Waals surface area (Å²) in [6, 6.07) is 7.54. The molecule has 0 aliphatic carbocycles. The van der Waals surface area contributed by atoms with Gasteiger partial charge in [-0.2, -0.15) is 0 Å². The van der Waals surface area contributed by atoms with Gasteiger partial charge in [0.2, 0.25) is 0 Å². The number of halogens is 1. The number of carbonyl (C=O) groups excluding carboxylic acids is 1. The van der Waals surface area contributed by atoms with E-state index in [0.717, 1.165) is 11.3 Å². The number of aromatic nitrogens is 2. The normalized spacial score (nSPS) is 10.2. The number of hydrogen-bond donors (Lipinski definition) is 0. The number of amides is 1. The molecule has 1 heterocycles. The highest BCUT2D eigenvalue weighted by atomic mass is 35.5. The Morgan fingerprint density at radius 1 is 1.35 bits per heavy atom. The maximum absolute atomic E-state index is 12.2. The Labute approximate surface area is 122 Å². The van der Waals surface area contributed by atoms with E-state index in [9.17, 15) is 4.79 Å². The molecule has 5 nitrogen and oxygen atoms in total. The average molecular weight is 292 g/mol. The van der Waals surface area contributed by atoms with Gasteiger partial charge in [0.05, 0.1) is 19.5 Å². The number of rotatable bonds is 4. The molecule has 2 rings (SSSR count). The zero-order valence-electron chi connectivity index (χ0n) is 11.2. The largest absolute Gasteiger partial charge is 0.496 e. The number of methoxy groups -OCH3 is 1. The Balaban J connectivity index is 2.15. The van der Waals surface area contributed by atoms with Crippen LogP contribution in [-0.4, -0.2) is 34.9 Å². The minimum atomic E-state index is -0.245. The molecule has 1 amide bonds. The summed E-state index contributed by atoms with van der Waals surface area (Å²) < 4.78 is 5.26. The lowest BCUT2D eigenvalue weighted by Gasteiger charge is -2.18. The lowest BCUT2D eigenvalue weighted by atomic mass is 10.2. The van der Waals surface area contributed by atoms with Crippen molar-refractivity contribution >= 4 is 17.5 Å². The number of para-hydroxylation sites is 1. The smallest absolute Gasteiger partial charge is 0.274 e. The second-order valence-electron chi connectivity index (χ2n) is 4.20. The third kappa shape index (κ3) is 3.24. The molecule has 1 aromatic carbocycles. The SMILES string of the molecule is COc1ccccc1CN(C)C(=O)c1cncc(Cl)n1. The van der Waals surface area contributed by atoms with E-state index in [-0.39, 0.29) is 16.8 Å². The summed E-state index contributed by atoms with van der Waals surface area (Å²) in [5.41, 5.74) is 1.13. The first-order valence-electron chi connectivity index (χ1n) is 5.96. The summed E-state index contributed by atoms with van der Waals surface area (Å²) in [5, 5.41) is 0.196. The van der Waals surface area contributed by atoms with Crippen molar-refractivity contribution in [1.82, 2.24) is 14.9 Å². The summed E-state index contributed by atoms with van der Waals surface area (Å²) >= 11 is 5.74. The first-order valence-corrected chi connectivity index (χ1v) is 6.34. The van der Waals surface area contributed by atoms with E-state index in [1.165, 1.54) is 17.3 Å². The summed E-state index contributed by atoms with van der Waals surface area (Å²) in [4.78, 5) is 21.6. The number of ether oxygens (including phenoxy) is 1. The second-order valence-corrected chi connectivity index (χ2v) is 4.59. The topological polar surface area (TPSA) is 55.3 Å². The molecule has 0 fully saturated rings. The summed E-state index contributed by atoms with van der Waals surface area (Å²) in [6.07, 6.45) is 2.78. The molecular weight excluding hydrogens is 278 g/mol. The van der Waals surface area contributed by atoms with Crippen molar-refractivity contribution in [3.05, 3.63) is 53.1 Å². The molecule has 0 saturated heterocycles. The van der Waals surface area contributed by atoms with Crippen LogP contribution in [-0.2, 0) is 6.54 Å². The van der Waals surface area contributed by atoms with Gasteiger partial charge in [-0.3, -0.25) is 9.78 Å². The number of carbonyl (C=O) groups is 1. The lowest BCUT2D eigenvalue weighted by Crippen LogP contribution is -2.27. The predicted molar refractivity (Wildman–Crippen MR) is 75.8 cm³/mol. The molecule has 0 atom stereocenters. The van der Waals surface area contributed by atoms with E-state index in [4.69, 9.17) is 16.3 Å². The third-order valence-corrected chi connectivity index (χ3v) is 2.95. The average Bonchev–Trinajstić information content (AvgIpc) is 2.47. The van der Waals surface area contributed by atoms with Crippen LogP contribution in [0.4, 0.5) is 0 Å². The van der Waals surface area contributed by atoms with E-state index in [2.05, 4.69) is 9.97 Å². The Kier molecular flexibility index (Phi) is 4.53. The van der Waals surface area contributed by atoms with Crippen LogP contribution in [0.3, 0.4) is 0 Å². The quantitative estimate of drug-likeness (QED) is 0.868. The lowest BCUT2D eigenvalue weighted by molar-refractivity contribution is 0.0778. The van der Waals surface area contributed by atoms with Crippen molar-refractivity contribution in [1.29, 1.82) is 0 Å². The van der Waals surface area contributed by atoms with Crippen molar-refractivity contribution in [3.63, 3.8) is 0 Å². The van der Waals surface area contributed by atoms with E-state index >= 15 is 0 Å². The van der Waals surface area contributed by atoms with Crippen LogP contribution in [0.2, 0.25) is 5.15 Å². The van der Waals surface area contributed by atoms with Crippen molar-refractivity contribution in [2.75, 3.05) is 14.2 Å². The molecule has 0 N–H and O–H groups in total. The Morgan fingerprint density at radius 2 is 2.10 bits per heavy atom. The fourth-order valence-electron chi connectivity index (χ4n) is 1.80. The molecule has 0 radical (unpaired) electrons. The molecule has 0 unspecified atom stereocenters. The third-order valence-electron chi connectivity index (χ3n) is 2.77. The second kappa shape index (κ2) is 6.34. The zero-order chi connectivity index (χ0) is 14.5. The zero-order valence-corrected chi connectivity index (χ0v) is 12.0. The molecule has 104 valence electrons. The minimum Gasteiger partial charge on any atom is -0.496 e. The fourth-order valence-corrected chi connectivity index (χ4v) is 1.95. The van der Waals surface area contributed by atoms with Gasteiger partial charge in [-0.25, -0.2) is 4.98 Å². The van der Waals surface area contributed by atoms with Crippen LogP contribution in [0.5, 0.6) is 5.75 Å². The first kappa shape index (κ1) is 14.3. The molecule has 2 aromatic rings. The fraction of sp³-hybridized carbons (Fsp3) is 0.214. The molecule has 0 aliphatic heterocycles. The van der Waals surface area contributed by atoms with Gasteiger partial charge in [0.25, 0.3) is 5.91 Å². The van der Waals surface area contributed by atoms with E-state index in [1.807, 2.05) is 24.3 Å². The highest BCUT2D eigenvalue weighted by molar-refractivity contribution is 6.29. The molecule has 20 heavy (non-hydrogen) atoms. The molecule has 1 aromatic heterocycles. The van der Waals surface area contributed by atoms with Crippen LogP contribution in [0.25, 0.3) is 0 Å². The molecular formula is C14H14ClN3O2. The molecule has 6 heteroatoms. The van der Waals surface area contributed by atoms with Gasteiger partial charge in [0, 0.05) is 19.2 Å². The van der Waals surface area contributed by atoms with Gasteiger partial charge in [-0.1, -0.05) is 29.8 Å². The van der Waals surface area contributed by atoms with Crippen LogP contribution < -0.4 is 4.74 Å². The summed E-state index contributed by atoms with van der Waals surface area (Å²) in [5.74, 6) is 0.496.